The number of hydrogen-bond donors (Lipinski definition) is 0. The van der Waals surface area contributed by atoms with E-state index in [1.807, 2.05) is 49.4 Å². The molecule has 0 saturated heterocycles. The summed E-state index contributed by atoms with van der Waals surface area (Å²) in [4.78, 5) is 12.9. The van der Waals surface area contributed by atoms with Crippen LogP contribution >= 0.6 is 11.8 Å². The Morgan fingerprint density at radius 3 is 2.75 bits per heavy atom. The fourth-order valence-electron chi connectivity index (χ4n) is 2.75. The van der Waals surface area contributed by atoms with Gasteiger partial charge in [0.25, 0.3) is 0 Å². The molecule has 1 aromatic heterocycles. The number of ether oxygens (including phenoxy) is 1. The van der Waals surface area contributed by atoms with Crippen LogP contribution in [0.1, 0.15) is 17.5 Å². The summed E-state index contributed by atoms with van der Waals surface area (Å²) in [6, 6.07) is 15.2. The summed E-state index contributed by atoms with van der Waals surface area (Å²) in [5, 5.41) is 1.30. The molecule has 2 aromatic carbocycles. The molecule has 0 unspecified atom stereocenters. The number of thioether (sulfide) groups is 1. The molecule has 120 valence electrons. The second-order valence-corrected chi connectivity index (χ2v) is 6.83. The Kier molecular flexibility index (Phi) is 3.90. The molecule has 1 aliphatic rings. The predicted octanol–water partition coefficient (Wildman–Crippen LogP) is 5.02. The highest BCUT2D eigenvalue weighted by Gasteiger charge is 2.22. The van der Waals surface area contributed by atoms with Crippen molar-refractivity contribution >= 4 is 28.3 Å². The molecule has 2 heterocycles. The predicted molar refractivity (Wildman–Crippen MR) is 97.6 cm³/mol. The number of hydrogen-bond acceptors (Lipinski definition) is 4. The Morgan fingerprint density at radius 1 is 1.12 bits per heavy atom. The number of rotatable bonds is 2. The van der Waals surface area contributed by atoms with Crippen LogP contribution in [0.4, 0.5) is 0 Å². The van der Waals surface area contributed by atoms with Gasteiger partial charge in [0.1, 0.15) is 11.3 Å². The molecule has 0 fully saturated rings. The number of aryl methyl sites for hydroxylation is 1. The first kappa shape index (κ1) is 15.1. The zero-order chi connectivity index (χ0) is 16.5. The van der Waals surface area contributed by atoms with Crippen molar-refractivity contribution in [1.82, 2.24) is 0 Å². The molecule has 24 heavy (non-hydrogen) atoms. The SMILES string of the molecule is Cc1ccc(O/C=C2/CCSc3oc4ccccc4c(=O)c32)cc1. The van der Waals surface area contributed by atoms with E-state index in [9.17, 15) is 4.79 Å². The second kappa shape index (κ2) is 6.21. The maximum absolute atomic E-state index is 12.9. The van der Waals surface area contributed by atoms with E-state index in [4.69, 9.17) is 9.15 Å². The fourth-order valence-corrected chi connectivity index (χ4v) is 3.78. The zero-order valence-electron chi connectivity index (χ0n) is 13.2. The van der Waals surface area contributed by atoms with Crippen molar-refractivity contribution < 1.29 is 9.15 Å². The minimum Gasteiger partial charge on any atom is -0.465 e. The van der Waals surface area contributed by atoms with Gasteiger partial charge >= 0.3 is 0 Å². The molecule has 4 rings (SSSR count). The van der Waals surface area contributed by atoms with Crippen molar-refractivity contribution in [1.29, 1.82) is 0 Å². The van der Waals surface area contributed by atoms with Crippen LogP contribution in [0.2, 0.25) is 0 Å². The molecule has 0 atom stereocenters. The summed E-state index contributed by atoms with van der Waals surface area (Å²) < 4.78 is 11.7. The van der Waals surface area contributed by atoms with Crippen LogP contribution in [-0.4, -0.2) is 5.75 Å². The van der Waals surface area contributed by atoms with Gasteiger partial charge < -0.3 is 9.15 Å². The van der Waals surface area contributed by atoms with Crippen LogP contribution in [0.25, 0.3) is 16.5 Å². The van der Waals surface area contributed by atoms with Gasteiger partial charge in [-0.3, -0.25) is 4.79 Å². The molecular formula is C20H16O3S. The van der Waals surface area contributed by atoms with Gasteiger partial charge in [-0.15, -0.1) is 0 Å². The molecule has 0 spiro atoms. The first-order valence-electron chi connectivity index (χ1n) is 7.84. The Bertz CT molecular complexity index is 984. The van der Waals surface area contributed by atoms with E-state index < -0.39 is 0 Å². The summed E-state index contributed by atoms with van der Waals surface area (Å²) in [5.74, 6) is 1.63. The van der Waals surface area contributed by atoms with Gasteiger partial charge in [-0.05, 0) is 37.6 Å². The van der Waals surface area contributed by atoms with Gasteiger partial charge in [-0.2, -0.15) is 0 Å². The van der Waals surface area contributed by atoms with Crippen LogP contribution in [-0.2, 0) is 0 Å². The number of fused-ring (bicyclic) bond motifs is 2. The van der Waals surface area contributed by atoms with Gasteiger partial charge in [0, 0.05) is 11.3 Å². The summed E-state index contributed by atoms with van der Waals surface area (Å²) in [5.41, 5.74) is 3.36. The third-order valence-electron chi connectivity index (χ3n) is 4.05. The van der Waals surface area contributed by atoms with E-state index in [2.05, 4.69) is 0 Å². The Hall–Kier alpha value is -2.46. The molecule has 3 aromatic rings. The zero-order valence-corrected chi connectivity index (χ0v) is 14.1. The standard InChI is InChI=1S/C20H16O3S/c1-13-6-8-15(9-7-13)22-12-14-10-11-24-20-18(14)19(21)16-4-2-3-5-17(16)23-20/h2-9,12H,10-11H2,1H3/b14-12-. The van der Waals surface area contributed by atoms with Crippen molar-refractivity contribution in [2.75, 3.05) is 5.75 Å². The van der Waals surface area contributed by atoms with E-state index in [0.717, 1.165) is 23.5 Å². The lowest BCUT2D eigenvalue weighted by Gasteiger charge is -2.17. The maximum atomic E-state index is 12.9. The first-order chi connectivity index (χ1) is 11.7. The van der Waals surface area contributed by atoms with Crippen molar-refractivity contribution in [3.63, 3.8) is 0 Å². The number of benzene rings is 2. The molecule has 0 amide bonds. The number of allylic oxidation sites excluding steroid dienone is 1. The smallest absolute Gasteiger partial charge is 0.201 e. The van der Waals surface area contributed by atoms with Gasteiger partial charge in [0.2, 0.25) is 5.43 Å². The second-order valence-electron chi connectivity index (χ2n) is 5.76. The third kappa shape index (κ3) is 2.74. The summed E-state index contributed by atoms with van der Waals surface area (Å²) in [7, 11) is 0. The highest BCUT2D eigenvalue weighted by molar-refractivity contribution is 7.99. The van der Waals surface area contributed by atoms with Gasteiger partial charge in [0.05, 0.1) is 17.2 Å². The largest absolute Gasteiger partial charge is 0.465 e. The third-order valence-corrected chi connectivity index (χ3v) is 5.01. The highest BCUT2D eigenvalue weighted by atomic mass is 32.2. The Morgan fingerprint density at radius 2 is 1.92 bits per heavy atom. The maximum Gasteiger partial charge on any atom is 0.201 e. The molecule has 0 bridgehead atoms. The van der Waals surface area contributed by atoms with E-state index in [1.165, 1.54) is 5.56 Å². The lowest BCUT2D eigenvalue weighted by Crippen LogP contribution is -2.14. The molecule has 0 N–H and O–H groups in total. The lowest BCUT2D eigenvalue weighted by atomic mass is 10.0. The van der Waals surface area contributed by atoms with Crippen molar-refractivity contribution in [2.24, 2.45) is 0 Å². The number of para-hydroxylation sites is 1. The Balaban J connectivity index is 1.77. The quantitative estimate of drug-likeness (QED) is 0.616. The monoisotopic (exact) mass is 336 g/mol. The minimum absolute atomic E-state index is 0.0119. The fraction of sp³-hybridized carbons (Fsp3) is 0.150. The van der Waals surface area contributed by atoms with Crippen LogP contribution in [0.15, 0.2) is 69.1 Å². The van der Waals surface area contributed by atoms with E-state index >= 15 is 0 Å². The van der Waals surface area contributed by atoms with Crippen LogP contribution in [0.5, 0.6) is 5.75 Å². The van der Waals surface area contributed by atoms with E-state index in [1.54, 1.807) is 24.1 Å². The van der Waals surface area contributed by atoms with E-state index in [-0.39, 0.29) is 5.43 Å². The first-order valence-corrected chi connectivity index (χ1v) is 8.82. The van der Waals surface area contributed by atoms with Gasteiger partial charge in [0.15, 0.2) is 5.09 Å². The average molecular weight is 336 g/mol. The molecule has 4 heteroatoms. The van der Waals surface area contributed by atoms with Crippen LogP contribution in [0, 0.1) is 6.92 Å². The summed E-state index contributed by atoms with van der Waals surface area (Å²) in [6.07, 6.45) is 2.47. The molecular weight excluding hydrogens is 320 g/mol. The molecule has 0 radical (unpaired) electrons. The van der Waals surface area contributed by atoms with Crippen molar-refractivity contribution in [2.45, 2.75) is 18.4 Å². The molecule has 1 aliphatic heterocycles. The van der Waals surface area contributed by atoms with Crippen LogP contribution < -0.4 is 10.2 Å². The Labute approximate surface area is 144 Å². The summed E-state index contributed by atoms with van der Waals surface area (Å²) in [6.45, 7) is 2.03. The van der Waals surface area contributed by atoms with Crippen molar-refractivity contribution in [3.05, 3.63) is 76.1 Å². The topological polar surface area (TPSA) is 39.4 Å². The van der Waals surface area contributed by atoms with E-state index in [0.29, 0.717) is 21.6 Å². The van der Waals surface area contributed by atoms with Crippen LogP contribution in [0.3, 0.4) is 0 Å². The highest BCUT2D eigenvalue weighted by Crippen LogP contribution is 2.36. The lowest BCUT2D eigenvalue weighted by molar-refractivity contribution is 0.475. The van der Waals surface area contributed by atoms with Gasteiger partial charge in [-0.1, -0.05) is 41.6 Å². The normalized spacial score (nSPS) is 15.5. The average Bonchev–Trinajstić information content (AvgIpc) is 2.61. The van der Waals surface area contributed by atoms with Gasteiger partial charge in [-0.25, -0.2) is 0 Å². The molecule has 0 aliphatic carbocycles. The molecule has 3 nitrogen and oxygen atoms in total. The molecule has 0 saturated carbocycles. The summed E-state index contributed by atoms with van der Waals surface area (Å²) >= 11 is 1.58. The van der Waals surface area contributed by atoms with Crippen molar-refractivity contribution in [3.8, 4) is 5.75 Å². The minimum atomic E-state index is 0.0119.